The SMILES string of the molecule is C=C(Cl)/N=C(/N)c1ncn(CCCCOC(=O)NCc2cccc(Br)c2)c1C.CC. The predicted octanol–water partition coefficient (Wildman–Crippen LogP) is 5.10. The van der Waals surface area contributed by atoms with Gasteiger partial charge in [-0.2, -0.15) is 0 Å². The van der Waals surface area contributed by atoms with E-state index < -0.39 is 6.09 Å². The van der Waals surface area contributed by atoms with Crippen LogP contribution in [0.4, 0.5) is 4.79 Å². The molecule has 9 heteroatoms. The second kappa shape index (κ2) is 13.8. The van der Waals surface area contributed by atoms with Crippen molar-refractivity contribution in [3.8, 4) is 0 Å². The molecule has 1 heterocycles. The highest BCUT2D eigenvalue weighted by molar-refractivity contribution is 9.10. The summed E-state index contributed by atoms with van der Waals surface area (Å²) in [5.41, 5.74) is 8.34. The Labute approximate surface area is 191 Å². The molecule has 2 aromatic rings. The molecular formula is C21H29BrClN5O2. The molecule has 0 atom stereocenters. The normalized spacial score (nSPS) is 10.8. The number of benzene rings is 1. The van der Waals surface area contributed by atoms with E-state index in [0.717, 1.165) is 35.1 Å². The maximum atomic E-state index is 11.7. The number of carbonyl (C=O) groups excluding carboxylic acids is 1. The van der Waals surface area contributed by atoms with E-state index in [9.17, 15) is 4.79 Å². The molecule has 3 N–H and O–H groups in total. The van der Waals surface area contributed by atoms with Gasteiger partial charge in [-0.1, -0.05) is 60.1 Å². The summed E-state index contributed by atoms with van der Waals surface area (Å²) in [5.74, 6) is 0.238. The molecule has 0 saturated heterocycles. The zero-order chi connectivity index (χ0) is 22.5. The van der Waals surface area contributed by atoms with Crippen molar-refractivity contribution in [2.24, 2.45) is 10.7 Å². The zero-order valence-electron chi connectivity index (χ0n) is 17.6. The lowest BCUT2D eigenvalue weighted by molar-refractivity contribution is 0.143. The molecule has 164 valence electrons. The number of hydrogen-bond donors (Lipinski definition) is 2. The van der Waals surface area contributed by atoms with E-state index in [0.29, 0.717) is 18.8 Å². The Morgan fingerprint density at radius 1 is 1.40 bits per heavy atom. The van der Waals surface area contributed by atoms with Gasteiger partial charge >= 0.3 is 6.09 Å². The van der Waals surface area contributed by atoms with Crippen molar-refractivity contribution >= 4 is 39.5 Å². The summed E-state index contributed by atoms with van der Waals surface area (Å²) in [7, 11) is 0. The number of ether oxygens (including phenoxy) is 1. The number of alkyl carbamates (subject to hydrolysis) is 1. The number of aromatic nitrogens is 2. The molecule has 0 saturated carbocycles. The number of nitrogens with zero attached hydrogens (tertiary/aromatic N) is 3. The van der Waals surface area contributed by atoms with Gasteiger partial charge in [-0.05, 0) is 37.5 Å². The molecule has 0 spiro atoms. The Hall–Kier alpha value is -2.32. The third-order valence-corrected chi connectivity index (χ3v) is 4.51. The maximum absolute atomic E-state index is 11.7. The van der Waals surface area contributed by atoms with E-state index in [1.165, 1.54) is 0 Å². The van der Waals surface area contributed by atoms with Gasteiger partial charge in [-0.15, -0.1) is 0 Å². The summed E-state index contributed by atoms with van der Waals surface area (Å²) in [6.45, 7) is 10.9. The minimum Gasteiger partial charge on any atom is -0.450 e. The average molecular weight is 499 g/mol. The molecule has 0 aliphatic heterocycles. The van der Waals surface area contributed by atoms with E-state index in [-0.39, 0.29) is 11.0 Å². The number of unbranched alkanes of at least 4 members (excludes halogenated alkanes) is 1. The summed E-state index contributed by atoms with van der Waals surface area (Å²) in [6, 6.07) is 7.74. The van der Waals surface area contributed by atoms with E-state index >= 15 is 0 Å². The van der Waals surface area contributed by atoms with Crippen molar-refractivity contribution in [3.05, 3.63) is 63.8 Å². The van der Waals surface area contributed by atoms with Crippen LogP contribution in [0.3, 0.4) is 0 Å². The summed E-state index contributed by atoms with van der Waals surface area (Å²) >= 11 is 9.04. The van der Waals surface area contributed by atoms with E-state index in [1.54, 1.807) is 6.33 Å². The van der Waals surface area contributed by atoms with E-state index in [2.05, 4.69) is 37.8 Å². The van der Waals surface area contributed by atoms with Gasteiger partial charge in [0.15, 0.2) is 5.84 Å². The van der Waals surface area contributed by atoms with Crippen LogP contribution in [0.25, 0.3) is 0 Å². The first kappa shape index (κ1) is 25.7. The predicted molar refractivity (Wildman–Crippen MR) is 126 cm³/mol. The lowest BCUT2D eigenvalue weighted by Gasteiger charge is -2.08. The monoisotopic (exact) mass is 497 g/mol. The van der Waals surface area contributed by atoms with Crippen molar-refractivity contribution < 1.29 is 9.53 Å². The Balaban J connectivity index is 0.00000218. The number of nitrogens with one attached hydrogen (secondary N) is 1. The van der Waals surface area contributed by atoms with Crippen LogP contribution in [0.15, 0.2) is 51.8 Å². The summed E-state index contributed by atoms with van der Waals surface area (Å²) in [4.78, 5) is 19.9. The minimum absolute atomic E-state index is 0.113. The van der Waals surface area contributed by atoms with Crippen LogP contribution in [-0.2, 0) is 17.8 Å². The maximum Gasteiger partial charge on any atom is 0.407 e. The van der Waals surface area contributed by atoms with Gasteiger partial charge in [0, 0.05) is 23.3 Å². The number of amidine groups is 1. The summed E-state index contributed by atoms with van der Waals surface area (Å²) in [5, 5.41) is 2.85. The van der Waals surface area contributed by atoms with Crippen LogP contribution in [0.5, 0.6) is 0 Å². The Kier molecular flexibility index (Phi) is 11.8. The fourth-order valence-corrected chi connectivity index (χ4v) is 3.06. The summed E-state index contributed by atoms with van der Waals surface area (Å²) < 4.78 is 8.14. The fraction of sp³-hybridized carbons (Fsp3) is 0.381. The molecule has 0 radical (unpaired) electrons. The summed E-state index contributed by atoms with van der Waals surface area (Å²) in [6.07, 6.45) is 2.84. The Morgan fingerprint density at radius 2 is 2.13 bits per heavy atom. The van der Waals surface area contributed by atoms with Crippen molar-refractivity contribution in [3.63, 3.8) is 0 Å². The highest BCUT2D eigenvalue weighted by atomic mass is 79.9. The lowest BCUT2D eigenvalue weighted by Crippen LogP contribution is -2.24. The number of nitrogens with two attached hydrogens (primary N) is 1. The van der Waals surface area contributed by atoms with E-state index in [4.69, 9.17) is 22.1 Å². The van der Waals surface area contributed by atoms with Gasteiger partial charge in [-0.25, -0.2) is 14.8 Å². The molecule has 1 aromatic carbocycles. The highest BCUT2D eigenvalue weighted by Crippen LogP contribution is 2.12. The first-order chi connectivity index (χ1) is 14.4. The van der Waals surface area contributed by atoms with Gasteiger partial charge in [-0.3, -0.25) is 0 Å². The van der Waals surface area contributed by atoms with Gasteiger partial charge < -0.3 is 20.4 Å². The number of imidazole rings is 1. The van der Waals surface area contributed by atoms with Crippen LogP contribution in [0.1, 0.15) is 43.6 Å². The van der Waals surface area contributed by atoms with Crippen LogP contribution < -0.4 is 11.1 Å². The van der Waals surface area contributed by atoms with Crippen LogP contribution in [-0.4, -0.2) is 28.1 Å². The number of hydrogen-bond acceptors (Lipinski definition) is 4. The Morgan fingerprint density at radius 3 is 2.80 bits per heavy atom. The second-order valence-electron chi connectivity index (χ2n) is 6.07. The van der Waals surface area contributed by atoms with Crippen molar-refractivity contribution in [2.45, 2.75) is 46.7 Å². The molecule has 0 bridgehead atoms. The van der Waals surface area contributed by atoms with Crippen LogP contribution >= 0.6 is 27.5 Å². The third kappa shape index (κ3) is 9.00. The molecule has 0 unspecified atom stereocenters. The number of halogens is 2. The van der Waals surface area contributed by atoms with E-state index in [1.807, 2.05) is 49.6 Å². The number of aryl methyl sites for hydroxylation is 1. The molecule has 7 nitrogen and oxygen atoms in total. The molecule has 30 heavy (non-hydrogen) atoms. The number of rotatable bonds is 9. The third-order valence-electron chi connectivity index (χ3n) is 3.94. The topological polar surface area (TPSA) is 94.5 Å². The first-order valence-electron chi connectivity index (χ1n) is 9.72. The van der Waals surface area contributed by atoms with Crippen molar-refractivity contribution in [1.82, 2.24) is 14.9 Å². The molecular weight excluding hydrogens is 470 g/mol. The minimum atomic E-state index is -0.425. The van der Waals surface area contributed by atoms with Gasteiger partial charge in [0.05, 0.1) is 12.9 Å². The van der Waals surface area contributed by atoms with Gasteiger partial charge in [0.1, 0.15) is 10.9 Å². The zero-order valence-corrected chi connectivity index (χ0v) is 20.0. The number of carbonyl (C=O) groups is 1. The lowest BCUT2D eigenvalue weighted by atomic mass is 10.2. The number of amides is 1. The first-order valence-corrected chi connectivity index (χ1v) is 10.9. The molecule has 0 aliphatic rings. The standard InChI is InChI=1S/C19H23BrClN5O2.C2H6/c1-13-17(18(22)25-14(2)21)24-12-26(13)8-3-4-9-28-19(27)23-11-15-6-5-7-16(20)10-15;1-2/h5-7,10,12H,2-4,8-9,11H2,1H3,(H2,22,25)(H,23,27);1-2H3. The smallest absolute Gasteiger partial charge is 0.407 e. The molecule has 2 rings (SSSR count). The second-order valence-corrected chi connectivity index (χ2v) is 7.42. The molecule has 0 aliphatic carbocycles. The van der Waals surface area contributed by atoms with Gasteiger partial charge in [0.2, 0.25) is 0 Å². The molecule has 1 aromatic heterocycles. The van der Waals surface area contributed by atoms with Crippen LogP contribution in [0.2, 0.25) is 0 Å². The highest BCUT2D eigenvalue weighted by Gasteiger charge is 2.10. The largest absolute Gasteiger partial charge is 0.450 e. The molecule has 0 fully saturated rings. The van der Waals surface area contributed by atoms with Crippen molar-refractivity contribution in [1.29, 1.82) is 0 Å². The quantitative estimate of drug-likeness (QED) is 0.218. The number of aliphatic imine (C=N–C) groups is 1. The van der Waals surface area contributed by atoms with Gasteiger partial charge in [0.25, 0.3) is 0 Å². The average Bonchev–Trinajstić information content (AvgIpc) is 3.08. The molecule has 1 amide bonds. The van der Waals surface area contributed by atoms with Crippen LogP contribution in [0, 0.1) is 6.92 Å². The van der Waals surface area contributed by atoms with Crippen molar-refractivity contribution in [2.75, 3.05) is 6.61 Å². The Bertz CT molecular complexity index is 867. The fourth-order valence-electron chi connectivity index (χ4n) is 2.53.